The van der Waals surface area contributed by atoms with Gasteiger partial charge in [-0.25, -0.2) is 14.3 Å². The van der Waals surface area contributed by atoms with Crippen molar-refractivity contribution < 1.29 is 0 Å². The maximum Gasteiger partial charge on any atom is 0.332 e. The predicted molar refractivity (Wildman–Crippen MR) is 63.8 cm³/mol. The highest BCUT2D eigenvalue weighted by Crippen LogP contribution is 2.04. The Morgan fingerprint density at radius 3 is 2.61 bits per heavy atom. The molecule has 0 aliphatic rings. The van der Waals surface area contributed by atoms with Gasteiger partial charge in [-0.15, -0.1) is 0 Å². The molecule has 0 saturated carbocycles. The fourth-order valence-corrected chi connectivity index (χ4v) is 2.05. The van der Waals surface area contributed by atoms with Crippen molar-refractivity contribution in [3.63, 3.8) is 0 Å². The van der Waals surface area contributed by atoms with Crippen LogP contribution in [0.2, 0.25) is 0 Å². The number of rotatable bonds is 0. The first-order chi connectivity index (χ1) is 8.52. The van der Waals surface area contributed by atoms with Crippen molar-refractivity contribution in [1.82, 2.24) is 23.7 Å². The maximum absolute atomic E-state index is 12.0. The number of pyridine rings is 1. The van der Waals surface area contributed by atoms with Crippen LogP contribution in [0.1, 0.15) is 0 Å². The lowest BCUT2D eigenvalue weighted by molar-refractivity contribution is 0.698. The lowest BCUT2D eigenvalue weighted by atomic mass is 10.3. The second-order valence-electron chi connectivity index (χ2n) is 3.99. The van der Waals surface area contributed by atoms with E-state index in [4.69, 9.17) is 0 Å². The van der Waals surface area contributed by atoms with Gasteiger partial charge in [0.05, 0.1) is 0 Å². The Kier molecular flexibility index (Phi) is 1.86. The van der Waals surface area contributed by atoms with Crippen LogP contribution in [-0.2, 0) is 14.1 Å². The molecule has 0 spiro atoms. The first kappa shape index (κ1) is 10.5. The van der Waals surface area contributed by atoms with E-state index in [1.165, 1.54) is 35.6 Å². The van der Waals surface area contributed by atoms with E-state index in [-0.39, 0.29) is 11.0 Å². The summed E-state index contributed by atoms with van der Waals surface area (Å²) in [4.78, 5) is 39.7. The van der Waals surface area contributed by atoms with Gasteiger partial charge < -0.3 is 0 Å². The minimum atomic E-state index is -0.609. The third-order valence-corrected chi connectivity index (χ3v) is 2.96. The van der Waals surface area contributed by atoms with Crippen molar-refractivity contribution in [3.8, 4) is 0 Å². The smallest absolute Gasteiger partial charge is 0.289 e. The molecule has 3 aromatic heterocycles. The van der Waals surface area contributed by atoms with E-state index in [0.29, 0.717) is 5.65 Å². The van der Waals surface area contributed by atoms with Crippen LogP contribution in [-0.4, -0.2) is 23.7 Å². The molecule has 0 atom stereocenters. The molecule has 8 nitrogen and oxygen atoms in total. The molecule has 3 rings (SSSR count). The molecule has 0 aromatic carbocycles. The van der Waals surface area contributed by atoms with Gasteiger partial charge in [0.1, 0.15) is 11.7 Å². The molecule has 0 aliphatic heterocycles. The highest BCUT2D eigenvalue weighted by atomic mass is 16.2. The van der Waals surface area contributed by atoms with E-state index in [1.807, 2.05) is 0 Å². The summed E-state index contributed by atoms with van der Waals surface area (Å²) in [5, 5.41) is 2.72. The van der Waals surface area contributed by atoms with Gasteiger partial charge in [-0.3, -0.25) is 23.8 Å². The largest absolute Gasteiger partial charge is 0.332 e. The number of nitrogens with one attached hydrogen (secondary N) is 1. The van der Waals surface area contributed by atoms with E-state index in [0.717, 1.165) is 4.57 Å². The molecular formula is C10H9N5O3. The van der Waals surface area contributed by atoms with Gasteiger partial charge in [0.25, 0.3) is 5.56 Å². The Labute approximate surface area is 98.7 Å². The highest BCUT2D eigenvalue weighted by molar-refractivity contribution is 5.77. The number of hydrogen-bond acceptors (Lipinski definition) is 4. The fraction of sp³-hybridized carbons (Fsp3) is 0.200. The molecule has 3 aromatic rings. The molecule has 8 heteroatoms. The van der Waals surface area contributed by atoms with Crippen molar-refractivity contribution in [1.29, 1.82) is 0 Å². The third-order valence-electron chi connectivity index (χ3n) is 2.96. The molecular weight excluding hydrogens is 238 g/mol. The summed E-state index contributed by atoms with van der Waals surface area (Å²) in [5.41, 5.74) is -0.990. The lowest BCUT2D eigenvalue weighted by Crippen LogP contribution is -2.39. The van der Waals surface area contributed by atoms with Crippen LogP contribution in [0.3, 0.4) is 0 Å². The minimum Gasteiger partial charge on any atom is -0.289 e. The van der Waals surface area contributed by atoms with Crippen LogP contribution in [0.5, 0.6) is 0 Å². The summed E-state index contributed by atoms with van der Waals surface area (Å²) in [6.45, 7) is 0. The van der Waals surface area contributed by atoms with Gasteiger partial charge in [-0.1, -0.05) is 0 Å². The second-order valence-corrected chi connectivity index (χ2v) is 3.99. The van der Waals surface area contributed by atoms with Gasteiger partial charge >= 0.3 is 5.69 Å². The van der Waals surface area contributed by atoms with Crippen molar-refractivity contribution in [2.45, 2.75) is 0 Å². The molecule has 1 N–H and O–H groups in total. The summed E-state index contributed by atoms with van der Waals surface area (Å²) >= 11 is 0. The van der Waals surface area contributed by atoms with Gasteiger partial charge in [-0.05, 0) is 0 Å². The van der Waals surface area contributed by atoms with Crippen LogP contribution >= 0.6 is 0 Å². The molecule has 0 bridgehead atoms. The maximum atomic E-state index is 12.0. The third kappa shape index (κ3) is 1.09. The Morgan fingerprint density at radius 2 is 1.89 bits per heavy atom. The number of aryl methyl sites for hydroxylation is 1. The monoisotopic (exact) mass is 247 g/mol. The van der Waals surface area contributed by atoms with Gasteiger partial charge in [0, 0.05) is 20.2 Å². The Morgan fingerprint density at radius 1 is 1.17 bits per heavy atom. The van der Waals surface area contributed by atoms with Crippen LogP contribution in [0.15, 0.2) is 26.8 Å². The number of aromatic nitrogens is 5. The SMILES string of the molecule is Cn1c(=O)c2c(=O)cc3nc[nH]n3c2n(C)c1=O. The second kappa shape index (κ2) is 3.19. The topological polar surface area (TPSA) is 94.2 Å². The van der Waals surface area contributed by atoms with Gasteiger partial charge in [0.15, 0.2) is 16.7 Å². The van der Waals surface area contributed by atoms with E-state index < -0.39 is 16.7 Å². The molecule has 0 fully saturated rings. The Hall–Kier alpha value is -2.64. The molecule has 0 aliphatic carbocycles. The van der Waals surface area contributed by atoms with Crippen LogP contribution in [0.25, 0.3) is 16.7 Å². The molecule has 18 heavy (non-hydrogen) atoms. The van der Waals surface area contributed by atoms with Crippen molar-refractivity contribution in [2.75, 3.05) is 0 Å². The summed E-state index contributed by atoms with van der Waals surface area (Å²) in [6, 6.07) is 1.25. The minimum absolute atomic E-state index is 0.0404. The molecule has 0 saturated heterocycles. The first-order valence-electron chi connectivity index (χ1n) is 5.17. The van der Waals surface area contributed by atoms with Crippen molar-refractivity contribution in [3.05, 3.63) is 43.5 Å². The average Bonchev–Trinajstić information content (AvgIpc) is 2.79. The highest BCUT2D eigenvalue weighted by Gasteiger charge is 2.15. The quantitative estimate of drug-likeness (QED) is 0.527. The zero-order valence-corrected chi connectivity index (χ0v) is 9.67. The summed E-state index contributed by atoms with van der Waals surface area (Å²) in [6.07, 6.45) is 1.39. The first-order valence-corrected chi connectivity index (χ1v) is 5.17. The average molecular weight is 247 g/mol. The van der Waals surface area contributed by atoms with Gasteiger partial charge in [-0.2, -0.15) is 0 Å². The van der Waals surface area contributed by atoms with Crippen molar-refractivity contribution in [2.24, 2.45) is 14.1 Å². The molecule has 0 radical (unpaired) electrons. The van der Waals surface area contributed by atoms with Crippen molar-refractivity contribution >= 4 is 16.7 Å². The molecule has 0 unspecified atom stereocenters. The van der Waals surface area contributed by atoms with E-state index >= 15 is 0 Å². The number of aromatic amines is 1. The number of fused-ring (bicyclic) bond motifs is 3. The van der Waals surface area contributed by atoms with E-state index in [2.05, 4.69) is 10.1 Å². The fourth-order valence-electron chi connectivity index (χ4n) is 2.05. The number of nitrogens with zero attached hydrogens (tertiary/aromatic N) is 4. The zero-order valence-electron chi connectivity index (χ0n) is 9.67. The van der Waals surface area contributed by atoms with Crippen LogP contribution in [0.4, 0.5) is 0 Å². The summed E-state index contributed by atoms with van der Waals surface area (Å²) in [7, 11) is 2.84. The summed E-state index contributed by atoms with van der Waals surface area (Å²) < 4.78 is 3.58. The Bertz CT molecular complexity index is 956. The van der Waals surface area contributed by atoms with Crippen LogP contribution < -0.4 is 16.7 Å². The zero-order chi connectivity index (χ0) is 13.0. The normalized spacial score (nSPS) is 11.4. The van der Waals surface area contributed by atoms with E-state index in [1.54, 1.807) is 0 Å². The lowest BCUT2D eigenvalue weighted by Gasteiger charge is -2.07. The molecule has 92 valence electrons. The van der Waals surface area contributed by atoms with E-state index in [9.17, 15) is 14.4 Å². The van der Waals surface area contributed by atoms with Crippen LogP contribution in [0, 0.1) is 0 Å². The predicted octanol–water partition coefficient (Wildman–Crippen LogP) is -1.43. The summed E-state index contributed by atoms with van der Waals surface area (Å²) in [5.74, 6) is 0. The number of hydrogen-bond donors (Lipinski definition) is 1. The molecule has 3 heterocycles. The standard InChI is InChI=1S/C10H9N5O3/c1-13-8-7(9(17)14(2)10(13)18)5(16)3-6-11-4-12-15(6)8/h3-4H,1-2H3,(H,11,12). The number of H-pyrrole nitrogens is 1. The molecule has 0 amide bonds. The van der Waals surface area contributed by atoms with Gasteiger partial charge in [0.2, 0.25) is 0 Å². The Balaban J connectivity index is 2.88.